The second-order valence-electron chi connectivity index (χ2n) is 9.62. The number of aromatic nitrogens is 2. The van der Waals surface area contributed by atoms with Gasteiger partial charge in [0, 0.05) is 32.8 Å². The van der Waals surface area contributed by atoms with Crippen molar-refractivity contribution < 1.29 is 19.1 Å². The molecule has 0 aliphatic heterocycles. The van der Waals surface area contributed by atoms with E-state index in [1.807, 2.05) is 65.8 Å². The lowest BCUT2D eigenvalue weighted by molar-refractivity contribution is 0.0577. The molecule has 2 rings (SSSR count). The number of carbonyl (C=O) groups excluding carboxylic acids is 2. The van der Waals surface area contributed by atoms with Crippen LogP contribution in [0.2, 0.25) is 0 Å². The van der Waals surface area contributed by atoms with Crippen molar-refractivity contribution in [3.63, 3.8) is 0 Å². The number of nitrogens with one attached hydrogen (secondary N) is 1. The van der Waals surface area contributed by atoms with Gasteiger partial charge in [0.05, 0.1) is 0 Å². The Bertz CT molecular complexity index is 888. The van der Waals surface area contributed by atoms with Crippen molar-refractivity contribution >= 4 is 29.6 Å². The fourth-order valence-electron chi connectivity index (χ4n) is 2.67. The van der Waals surface area contributed by atoms with Crippen LogP contribution in [0, 0.1) is 0 Å². The summed E-state index contributed by atoms with van der Waals surface area (Å²) in [5.74, 6) is 1.62. The summed E-state index contributed by atoms with van der Waals surface area (Å²) < 4.78 is 10.8. The van der Waals surface area contributed by atoms with Crippen LogP contribution < -0.4 is 15.1 Å². The Morgan fingerprint density at radius 3 is 1.82 bits per heavy atom. The molecule has 0 saturated heterocycles. The van der Waals surface area contributed by atoms with Crippen molar-refractivity contribution in [1.29, 1.82) is 0 Å². The molecule has 2 amide bonds. The lowest BCUT2D eigenvalue weighted by Gasteiger charge is -2.24. The zero-order chi connectivity index (χ0) is 24.8. The molecular formula is C24H35N5O4. The number of hydrogen-bond acceptors (Lipinski definition) is 7. The highest BCUT2D eigenvalue weighted by Gasteiger charge is 2.22. The van der Waals surface area contributed by atoms with Gasteiger partial charge >= 0.3 is 12.2 Å². The Balaban J connectivity index is 1.97. The summed E-state index contributed by atoms with van der Waals surface area (Å²) in [5, 5.41) is 3.24. The van der Waals surface area contributed by atoms with Crippen molar-refractivity contribution in [3.8, 4) is 0 Å². The Hall–Kier alpha value is -3.36. The molecule has 0 saturated carbocycles. The molecule has 2 heterocycles. The molecule has 2 aromatic heterocycles. The maximum atomic E-state index is 12.3. The monoisotopic (exact) mass is 457 g/mol. The molecule has 33 heavy (non-hydrogen) atoms. The van der Waals surface area contributed by atoms with Crippen LogP contribution in [0.1, 0.15) is 47.2 Å². The lowest BCUT2D eigenvalue weighted by atomic mass is 10.2. The predicted octanol–water partition coefficient (Wildman–Crippen LogP) is 4.87. The maximum absolute atomic E-state index is 12.3. The second kappa shape index (κ2) is 10.5. The smallest absolute Gasteiger partial charge is 0.415 e. The minimum Gasteiger partial charge on any atom is -0.443 e. The van der Waals surface area contributed by atoms with E-state index in [-0.39, 0.29) is 0 Å². The van der Waals surface area contributed by atoms with E-state index in [1.54, 1.807) is 26.2 Å². The zero-order valence-corrected chi connectivity index (χ0v) is 20.8. The van der Waals surface area contributed by atoms with Gasteiger partial charge in [-0.2, -0.15) is 0 Å². The average molecular weight is 458 g/mol. The molecule has 2 aromatic rings. The van der Waals surface area contributed by atoms with E-state index in [2.05, 4.69) is 15.3 Å². The third-order valence-corrected chi connectivity index (χ3v) is 4.24. The maximum Gasteiger partial charge on any atom is 0.415 e. The van der Waals surface area contributed by atoms with Gasteiger partial charge in [0.1, 0.15) is 28.7 Å². The summed E-state index contributed by atoms with van der Waals surface area (Å²) in [6.45, 7) is 11.5. The number of hydrogen-bond donors (Lipinski definition) is 1. The summed E-state index contributed by atoms with van der Waals surface area (Å²) in [6, 6.07) is 10.9. The topological polar surface area (TPSA) is 96.9 Å². The molecule has 0 aromatic carbocycles. The van der Waals surface area contributed by atoms with Gasteiger partial charge < -0.3 is 14.8 Å². The van der Waals surface area contributed by atoms with Crippen LogP contribution in [0.15, 0.2) is 36.4 Å². The quantitative estimate of drug-likeness (QED) is 0.661. The predicted molar refractivity (Wildman–Crippen MR) is 130 cm³/mol. The number of carbonyl (C=O) groups is 2. The molecule has 0 bridgehead atoms. The van der Waals surface area contributed by atoms with Gasteiger partial charge in [0.2, 0.25) is 0 Å². The highest BCUT2D eigenvalue weighted by Crippen LogP contribution is 2.18. The van der Waals surface area contributed by atoms with Crippen molar-refractivity contribution in [2.24, 2.45) is 0 Å². The summed E-state index contributed by atoms with van der Waals surface area (Å²) in [4.78, 5) is 36.4. The fraction of sp³-hybridized carbons (Fsp3) is 0.500. The fourth-order valence-corrected chi connectivity index (χ4v) is 2.67. The van der Waals surface area contributed by atoms with Crippen molar-refractivity contribution in [2.75, 3.05) is 35.8 Å². The zero-order valence-electron chi connectivity index (χ0n) is 20.8. The summed E-state index contributed by atoms with van der Waals surface area (Å²) in [6.07, 6.45) is -0.313. The molecule has 1 N–H and O–H groups in total. The Morgan fingerprint density at radius 2 is 1.30 bits per heavy atom. The van der Waals surface area contributed by atoms with Crippen molar-refractivity contribution in [3.05, 3.63) is 42.1 Å². The van der Waals surface area contributed by atoms with Gasteiger partial charge in [-0.05, 0) is 65.8 Å². The molecule has 9 heteroatoms. The average Bonchev–Trinajstić information content (AvgIpc) is 2.70. The molecule has 9 nitrogen and oxygen atoms in total. The van der Waals surface area contributed by atoms with Crippen LogP contribution in [0.5, 0.6) is 0 Å². The highest BCUT2D eigenvalue weighted by atomic mass is 16.6. The first-order chi connectivity index (χ1) is 15.2. The number of ether oxygens (including phenoxy) is 2. The molecule has 0 aliphatic carbocycles. The Morgan fingerprint density at radius 1 is 0.818 bits per heavy atom. The number of rotatable bonds is 6. The van der Waals surface area contributed by atoms with E-state index in [0.29, 0.717) is 30.4 Å². The SMILES string of the molecule is CN(C(=O)OC(C)(C)C)c1cccc(CCNc2cccc(N(C)C(=O)OC(C)(C)C)n2)n1. The number of pyridine rings is 2. The van der Waals surface area contributed by atoms with Gasteiger partial charge in [-0.15, -0.1) is 0 Å². The third kappa shape index (κ3) is 8.59. The first-order valence-corrected chi connectivity index (χ1v) is 10.9. The normalized spacial score (nSPS) is 11.5. The first-order valence-electron chi connectivity index (χ1n) is 10.9. The van der Waals surface area contributed by atoms with Gasteiger partial charge in [-0.1, -0.05) is 12.1 Å². The van der Waals surface area contributed by atoms with Crippen LogP contribution in [0.3, 0.4) is 0 Å². The van der Waals surface area contributed by atoms with Crippen LogP contribution in [-0.2, 0) is 15.9 Å². The van der Waals surface area contributed by atoms with Crippen LogP contribution in [0.4, 0.5) is 27.0 Å². The minimum atomic E-state index is -0.583. The molecule has 0 fully saturated rings. The Labute approximate surface area is 196 Å². The van der Waals surface area contributed by atoms with Gasteiger partial charge in [0.25, 0.3) is 0 Å². The molecule has 180 valence electrons. The molecular weight excluding hydrogens is 422 g/mol. The number of amides is 2. The largest absolute Gasteiger partial charge is 0.443 e. The molecule has 0 aliphatic rings. The number of anilines is 3. The summed E-state index contributed by atoms with van der Waals surface area (Å²) >= 11 is 0. The van der Waals surface area contributed by atoms with Crippen LogP contribution in [-0.4, -0.2) is 54.0 Å². The molecule has 0 atom stereocenters. The highest BCUT2D eigenvalue weighted by molar-refractivity contribution is 5.86. The van der Waals surface area contributed by atoms with Gasteiger partial charge in [0.15, 0.2) is 0 Å². The van der Waals surface area contributed by atoms with Crippen molar-refractivity contribution in [2.45, 2.75) is 59.2 Å². The summed E-state index contributed by atoms with van der Waals surface area (Å²) in [7, 11) is 3.26. The standard InChI is InChI=1S/C24H35N5O4/c1-23(2,3)32-21(30)28(7)19-13-9-11-17(26-19)15-16-25-18-12-10-14-20(27-18)29(8)22(31)33-24(4,5)6/h9-14H,15-16H2,1-8H3,(H,25,27). The van der Waals surface area contributed by atoms with Gasteiger partial charge in [-0.25, -0.2) is 19.6 Å². The van der Waals surface area contributed by atoms with E-state index in [9.17, 15) is 9.59 Å². The van der Waals surface area contributed by atoms with E-state index in [1.165, 1.54) is 9.80 Å². The molecule has 0 unspecified atom stereocenters. The van der Waals surface area contributed by atoms with Crippen LogP contribution >= 0.6 is 0 Å². The van der Waals surface area contributed by atoms with E-state index in [4.69, 9.17) is 9.47 Å². The lowest BCUT2D eigenvalue weighted by Crippen LogP contribution is -2.34. The molecule has 0 spiro atoms. The van der Waals surface area contributed by atoms with E-state index >= 15 is 0 Å². The van der Waals surface area contributed by atoms with E-state index < -0.39 is 23.4 Å². The van der Waals surface area contributed by atoms with Crippen LogP contribution in [0.25, 0.3) is 0 Å². The van der Waals surface area contributed by atoms with E-state index in [0.717, 1.165) is 5.69 Å². The Kier molecular flexibility index (Phi) is 8.24. The van der Waals surface area contributed by atoms with Crippen molar-refractivity contribution in [1.82, 2.24) is 9.97 Å². The van der Waals surface area contributed by atoms with Gasteiger partial charge in [-0.3, -0.25) is 9.80 Å². The second-order valence-corrected chi connectivity index (χ2v) is 9.62. The summed E-state index contributed by atoms with van der Waals surface area (Å²) in [5.41, 5.74) is -0.343. The number of nitrogens with zero attached hydrogens (tertiary/aromatic N) is 4. The molecule has 0 radical (unpaired) electrons. The first kappa shape index (κ1) is 25.9. The third-order valence-electron chi connectivity index (χ3n) is 4.24. The minimum absolute atomic E-state index is 0.458.